The largest absolute Gasteiger partial charge is 0.468 e. The fraction of sp³-hybridized carbons (Fsp3) is 0.579. The number of nitrogens with two attached hydrogens (primary N) is 1. The molecule has 5 nitrogen and oxygen atoms in total. The molecule has 0 saturated heterocycles. The lowest BCUT2D eigenvalue weighted by Gasteiger charge is -2.37. The first-order chi connectivity index (χ1) is 11.2. The quantitative estimate of drug-likeness (QED) is 0.831. The molecule has 0 heterocycles. The number of benzene rings is 1. The van der Waals surface area contributed by atoms with E-state index in [9.17, 15) is 9.59 Å². The van der Waals surface area contributed by atoms with E-state index in [1.807, 2.05) is 45.0 Å². The summed E-state index contributed by atoms with van der Waals surface area (Å²) in [7, 11) is 1.38. The summed E-state index contributed by atoms with van der Waals surface area (Å²) in [5.74, 6) is -0.488. The van der Waals surface area contributed by atoms with E-state index in [-0.39, 0.29) is 17.8 Å². The van der Waals surface area contributed by atoms with E-state index >= 15 is 0 Å². The van der Waals surface area contributed by atoms with Gasteiger partial charge in [0, 0.05) is 11.2 Å². The summed E-state index contributed by atoms with van der Waals surface area (Å²) >= 11 is 0. The van der Waals surface area contributed by atoms with Gasteiger partial charge in [-0.25, -0.2) is 0 Å². The van der Waals surface area contributed by atoms with Gasteiger partial charge in [-0.1, -0.05) is 25.0 Å². The van der Waals surface area contributed by atoms with E-state index in [4.69, 9.17) is 10.5 Å². The van der Waals surface area contributed by atoms with Crippen LogP contribution in [-0.2, 0) is 19.7 Å². The number of ether oxygens (including phenoxy) is 1. The molecule has 1 aliphatic carbocycles. The van der Waals surface area contributed by atoms with Crippen molar-refractivity contribution in [3.63, 3.8) is 0 Å². The third-order valence-corrected chi connectivity index (χ3v) is 5.14. The molecule has 2 atom stereocenters. The van der Waals surface area contributed by atoms with Crippen LogP contribution in [0.3, 0.4) is 0 Å². The van der Waals surface area contributed by atoms with Crippen molar-refractivity contribution in [1.82, 2.24) is 0 Å². The number of hydrogen-bond acceptors (Lipinski definition) is 4. The number of anilines is 1. The Morgan fingerprint density at radius 1 is 1.25 bits per heavy atom. The van der Waals surface area contributed by atoms with Gasteiger partial charge in [0.1, 0.15) is 0 Å². The zero-order valence-corrected chi connectivity index (χ0v) is 15.0. The Labute approximate surface area is 143 Å². The van der Waals surface area contributed by atoms with Crippen LogP contribution >= 0.6 is 0 Å². The summed E-state index contributed by atoms with van der Waals surface area (Å²) in [6, 6.07) is 7.31. The van der Waals surface area contributed by atoms with Crippen LogP contribution < -0.4 is 11.1 Å². The van der Waals surface area contributed by atoms with E-state index in [1.54, 1.807) is 0 Å². The first-order valence-corrected chi connectivity index (χ1v) is 8.47. The maximum atomic E-state index is 12.6. The molecule has 132 valence electrons. The summed E-state index contributed by atoms with van der Waals surface area (Å²) in [5, 5.41) is 2.95. The lowest BCUT2D eigenvalue weighted by molar-refractivity contribution is -0.146. The van der Waals surface area contributed by atoms with Crippen molar-refractivity contribution in [2.75, 3.05) is 12.4 Å². The van der Waals surface area contributed by atoms with Gasteiger partial charge >= 0.3 is 5.97 Å². The predicted molar refractivity (Wildman–Crippen MR) is 94.7 cm³/mol. The minimum Gasteiger partial charge on any atom is -0.468 e. The number of methoxy groups -OCH3 is 1. The number of hydrogen-bond donors (Lipinski definition) is 2. The van der Waals surface area contributed by atoms with Gasteiger partial charge in [-0.15, -0.1) is 0 Å². The molecule has 1 aromatic carbocycles. The Balaban J connectivity index is 2.09. The van der Waals surface area contributed by atoms with E-state index in [1.165, 1.54) is 7.11 Å². The molecule has 24 heavy (non-hydrogen) atoms. The van der Waals surface area contributed by atoms with Crippen molar-refractivity contribution >= 4 is 17.6 Å². The van der Waals surface area contributed by atoms with Gasteiger partial charge in [-0.05, 0) is 51.3 Å². The molecular weight excluding hydrogens is 304 g/mol. The summed E-state index contributed by atoms with van der Waals surface area (Å²) < 4.78 is 4.84. The second kappa shape index (κ2) is 6.93. The molecule has 0 bridgehead atoms. The van der Waals surface area contributed by atoms with Crippen LogP contribution in [-0.4, -0.2) is 24.5 Å². The molecule has 0 aliphatic heterocycles. The Bertz CT molecular complexity index is 606. The molecule has 2 unspecified atom stereocenters. The van der Waals surface area contributed by atoms with E-state index in [2.05, 4.69) is 5.32 Å². The molecule has 1 fully saturated rings. The van der Waals surface area contributed by atoms with Gasteiger partial charge in [0.15, 0.2) is 0 Å². The molecular formula is C19H28N2O3. The highest BCUT2D eigenvalue weighted by Crippen LogP contribution is 2.32. The molecule has 0 spiro atoms. The van der Waals surface area contributed by atoms with Crippen LogP contribution in [0.1, 0.15) is 52.0 Å². The Kier molecular flexibility index (Phi) is 5.33. The molecule has 5 heteroatoms. The van der Waals surface area contributed by atoms with E-state index in [0.717, 1.165) is 31.2 Å². The molecule has 1 aliphatic rings. The molecule has 1 amide bonds. The Morgan fingerprint density at radius 2 is 1.88 bits per heavy atom. The van der Waals surface area contributed by atoms with Crippen molar-refractivity contribution in [2.24, 2.45) is 11.7 Å². The van der Waals surface area contributed by atoms with Crippen molar-refractivity contribution < 1.29 is 14.3 Å². The molecule has 1 aromatic rings. The Hall–Kier alpha value is -1.88. The highest BCUT2D eigenvalue weighted by molar-refractivity contribution is 5.93. The average molecular weight is 332 g/mol. The molecule has 0 aromatic heterocycles. The fourth-order valence-corrected chi connectivity index (χ4v) is 3.36. The van der Waals surface area contributed by atoms with Crippen LogP contribution in [0.2, 0.25) is 0 Å². The second-order valence-electron chi connectivity index (χ2n) is 7.49. The summed E-state index contributed by atoms with van der Waals surface area (Å²) in [6.07, 6.45) is 3.81. The van der Waals surface area contributed by atoms with Gasteiger partial charge in [-0.2, -0.15) is 0 Å². The van der Waals surface area contributed by atoms with Gasteiger partial charge in [0.25, 0.3) is 0 Å². The number of esters is 1. The van der Waals surface area contributed by atoms with Crippen molar-refractivity contribution in [2.45, 2.75) is 57.4 Å². The second-order valence-corrected chi connectivity index (χ2v) is 7.49. The molecule has 2 rings (SSSR count). The lowest BCUT2D eigenvalue weighted by atomic mass is 9.74. The third-order valence-electron chi connectivity index (χ3n) is 5.14. The Morgan fingerprint density at radius 3 is 2.42 bits per heavy atom. The molecule has 0 radical (unpaired) electrons. The lowest BCUT2D eigenvalue weighted by Crippen LogP contribution is -2.51. The smallest absolute Gasteiger partial charge is 0.315 e. The first-order valence-electron chi connectivity index (χ1n) is 8.47. The maximum absolute atomic E-state index is 12.6. The van der Waals surface area contributed by atoms with Crippen LogP contribution in [0.4, 0.5) is 5.69 Å². The van der Waals surface area contributed by atoms with Gasteiger partial charge in [0.2, 0.25) is 5.91 Å². The van der Waals surface area contributed by atoms with Crippen LogP contribution in [0.5, 0.6) is 0 Å². The maximum Gasteiger partial charge on any atom is 0.315 e. The number of amides is 1. The van der Waals surface area contributed by atoms with Gasteiger partial charge in [-0.3, -0.25) is 9.59 Å². The molecule has 1 saturated carbocycles. The average Bonchev–Trinajstić information content (AvgIpc) is 2.53. The van der Waals surface area contributed by atoms with Gasteiger partial charge in [0.05, 0.1) is 18.4 Å². The van der Waals surface area contributed by atoms with E-state index < -0.39 is 11.0 Å². The van der Waals surface area contributed by atoms with Crippen molar-refractivity contribution in [1.29, 1.82) is 0 Å². The first kappa shape index (κ1) is 18.5. The van der Waals surface area contributed by atoms with Crippen molar-refractivity contribution in [3.8, 4) is 0 Å². The minimum absolute atomic E-state index is 0.0281. The standard InChI is InChI=1S/C19H28N2O3/c1-18(2,17(23)24-4)13-8-10-14(11-9-13)21-16(22)15-7-5-6-12-19(15,3)20/h8-11,15H,5-7,12,20H2,1-4H3,(H,21,22). The fourth-order valence-electron chi connectivity index (χ4n) is 3.36. The monoisotopic (exact) mass is 332 g/mol. The van der Waals surface area contributed by atoms with Crippen LogP contribution in [0.25, 0.3) is 0 Å². The van der Waals surface area contributed by atoms with Crippen LogP contribution in [0.15, 0.2) is 24.3 Å². The minimum atomic E-state index is -0.726. The molecule has 3 N–H and O–H groups in total. The van der Waals surface area contributed by atoms with E-state index in [0.29, 0.717) is 5.69 Å². The number of carbonyl (C=O) groups excluding carboxylic acids is 2. The number of nitrogens with one attached hydrogen (secondary N) is 1. The van der Waals surface area contributed by atoms with Crippen LogP contribution in [0, 0.1) is 5.92 Å². The zero-order chi connectivity index (χ0) is 18.0. The van der Waals surface area contributed by atoms with Gasteiger partial charge < -0.3 is 15.8 Å². The topological polar surface area (TPSA) is 81.4 Å². The third kappa shape index (κ3) is 3.78. The SMILES string of the molecule is COC(=O)C(C)(C)c1ccc(NC(=O)C2CCCCC2(C)N)cc1. The highest BCUT2D eigenvalue weighted by Gasteiger charge is 2.37. The zero-order valence-electron chi connectivity index (χ0n) is 15.0. The van der Waals surface area contributed by atoms with Crippen molar-refractivity contribution in [3.05, 3.63) is 29.8 Å². The number of carbonyl (C=O) groups is 2. The summed E-state index contributed by atoms with van der Waals surface area (Å²) in [5.41, 5.74) is 6.67. The normalized spacial score (nSPS) is 24.3. The predicted octanol–water partition coefficient (Wildman–Crippen LogP) is 2.98. The summed E-state index contributed by atoms with van der Waals surface area (Å²) in [6.45, 7) is 5.58. The highest BCUT2D eigenvalue weighted by atomic mass is 16.5. The number of rotatable bonds is 4. The summed E-state index contributed by atoms with van der Waals surface area (Å²) in [4.78, 5) is 24.4.